The molecular formula is C48H89NO8. The van der Waals surface area contributed by atoms with Crippen molar-refractivity contribution in [3.05, 3.63) is 36.5 Å². The monoisotopic (exact) mass is 808 g/mol. The molecular weight excluding hydrogens is 719 g/mol. The first-order valence-corrected chi connectivity index (χ1v) is 23.7. The zero-order valence-corrected chi connectivity index (χ0v) is 36.6. The van der Waals surface area contributed by atoms with Gasteiger partial charge >= 0.3 is 0 Å². The normalized spacial score (nSPS) is 21.3. The van der Waals surface area contributed by atoms with Crippen LogP contribution in [-0.2, 0) is 14.3 Å². The first-order valence-electron chi connectivity index (χ1n) is 23.7. The number of aliphatic hydroxyl groups excluding tert-OH is 5. The minimum atomic E-state index is -1.56. The van der Waals surface area contributed by atoms with Gasteiger partial charge in [0.25, 0.3) is 0 Å². The third-order valence-corrected chi connectivity index (χ3v) is 11.2. The van der Waals surface area contributed by atoms with Crippen LogP contribution in [0.2, 0.25) is 0 Å². The zero-order chi connectivity index (χ0) is 41.6. The van der Waals surface area contributed by atoms with Gasteiger partial charge in [0.2, 0.25) is 5.91 Å². The number of ether oxygens (including phenoxy) is 2. The number of amides is 1. The van der Waals surface area contributed by atoms with Crippen molar-refractivity contribution in [2.24, 2.45) is 0 Å². The Morgan fingerprint density at radius 2 is 1.04 bits per heavy atom. The van der Waals surface area contributed by atoms with Gasteiger partial charge < -0.3 is 40.3 Å². The summed E-state index contributed by atoms with van der Waals surface area (Å²) in [5.41, 5.74) is 0. The van der Waals surface area contributed by atoms with E-state index in [0.717, 1.165) is 64.2 Å². The Labute approximate surface area is 349 Å². The van der Waals surface area contributed by atoms with Crippen LogP contribution in [0.25, 0.3) is 0 Å². The van der Waals surface area contributed by atoms with E-state index in [-0.39, 0.29) is 12.5 Å². The number of hydrogen-bond donors (Lipinski definition) is 6. The third-order valence-electron chi connectivity index (χ3n) is 11.2. The van der Waals surface area contributed by atoms with Crippen LogP contribution in [0.15, 0.2) is 36.5 Å². The molecule has 6 N–H and O–H groups in total. The lowest BCUT2D eigenvalue weighted by Gasteiger charge is -2.40. The lowest BCUT2D eigenvalue weighted by molar-refractivity contribution is -0.302. The van der Waals surface area contributed by atoms with Gasteiger partial charge in [0.1, 0.15) is 24.4 Å². The van der Waals surface area contributed by atoms with E-state index in [9.17, 15) is 30.3 Å². The average Bonchev–Trinajstić information content (AvgIpc) is 3.21. The molecule has 0 aliphatic carbocycles. The number of nitrogens with one attached hydrogen (secondary N) is 1. The molecule has 1 rings (SSSR count). The van der Waals surface area contributed by atoms with Crippen LogP contribution in [0.5, 0.6) is 0 Å². The Balaban J connectivity index is 2.33. The highest BCUT2D eigenvalue weighted by Gasteiger charge is 2.44. The predicted molar refractivity (Wildman–Crippen MR) is 235 cm³/mol. The summed E-state index contributed by atoms with van der Waals surface area (Å²) in [6.07, 6.45) is 40.0. The fourth-order valence-electron chi connectivity index (χ4n) is 7.40. The lowest BCUT2D eigenvalue weighted by Crippen LogP contribution is -2.60. The molecule has 1 aliphatic heterocycles. The van der Waals surface area contributed by atoms with Gasteiger partial charge in [0.05, 0.1) is 25.4 Å². The highest BCUT2D eigenvalue weighted by atomic mass is 16.7. The number of aliphatic hydroxyl groups is 5. The largest absolute Gasteiger partial charge is 0.394 e. The van der Waals surface area contributed by atoms with Crippen LogP contribution in [-0.4, -0.2) is 87.5 Å². The number of allylic oxidation sites excluding steroid dienone is 6. The first kappa shape index (κ1) is 53.4. The van der Waals surface area contributed by atoms with E-state index in [1.165, 1.54) is 116 Å². The summed E-state index contributed by atoms with van der Waals surface area (Å²) in [5, 5.41) is 54.4. The summed E-state index contributed by atoms with van der Waals surface area (Å²) >= 11 is 0. The van der Waals surface area contributed by atoms with Crippen LogP contribution in [0, 0.1) is 0 Å². The highest BCUT2D eigenvalue weighted by Crippen LogP contribution is 2.23. The second kappa shape index (κ2) is 38.6. The van der Waals surface area contributed by atoms with Crippen LogP contribution in [0.4, 0.5) is 0 Å². The van der Waals surface area contributed by atoms with Gasteiger partial charge in [-0.05, 0) is 51.4 Å². The van der Waals surface area contributed by atoms with Gasteiger partial charge in [-0.1, -0.05) is 185 Å². The number of carbonyl (C=O) groups is 1. The van der Waals surface area contributed by atoms with E-state index in [0.29, 0.717) is 12.8 Å². The summed E-state index contributed by atoms with van der Waals surface area (Å²) in [5.74, 6) is -0.157. The Hall–Kier alpha value is -1.59. The number of hydrogen-bond acceptors (Lipinski definition) is 8. The molecule has 1 amide bonds. The van der Waals surface area contributed by atoms with Gasteiger partial charge in [-0.15, -0.1) is 0 Å². The second-order valence-electron chi connectivity index (χ2n) is 16.6. The maximum absolute atomic E-state index is 13.0. The molecule has 0 radical (unpaired) electrons. The summed E-state index contributed by atoms with van der Waals surface area (Å²) in [6.45, 7) is 3.80. The van der Waals surface area contributed by atoms with Crippen LogP contribution in [0.3, 0.4) is 0 Å². The maximum atomic E-state index is 13.0. The maximum Gasteiger partial charge on any atom is 0.220 e. The van der Waals surface area contributed by atoms with Crippen molar-refractivity contribution in [2.75, 3.05) is 13.2 Å². The van der Waals surface area contributed by atoms with Gasteiger partial charge in [0.15, 0.2) is 6.29 Å². The molecule has 0 aromatic rings. The Morgan fingerprint density at radius 1 is 0.596 bits per heavy atom. The van der Waals surface area contributed by atoms with E-state index in [2.05, 4.69) is 55.6 Å². The second-order valence-corrected chi connectivity index (χ2v) is 16.6. The van der Waals surface area contributed by atoms with E-state index >= 15 is 0 Å². The molecule has 1 saturated heterocycles. The van der Waals surface area contributed by atoms with Crippen LogP contribution < -0.4 is 5.32 Å². The Morgan fingerprint density at radius 3 is 1.56 bits per heavy atom. The van der Waals surface area contributed by atoms with Crippen molar-refractivity contribution in [1.82, 2.24) is 5.32 Å². The molecule has 0 saturated carbocycles. The summed E-state index contributed by atoms with van der Waals surface area (Å²) in [6, 6.07) is -0.725. The summed E-state index contributed by atoms with van der Waals surface area (Å²) in [7, 11) is 0. The smallest absolute Gasteiger partial charge is 0.220 e. The molecule has 7 atom stereocenters. The van der Waals surface area contributed by atoms with Crippen molar-refractivity contribution >= 4 is 5.91 Å². The Bertz CT molecular complexity index is 987. The van der Waals surface area contributed by atoms with Crippen molar-refractivity contribution < 1.29 is 39.8 Å². The van der Waals surface area contributed by atoms with E-state index < -0.39 is 49.5 Å². The molecule has 7 unspecified atom stereocenters. The van der Waals surface area contributed by atoms with E-state index in [1.54, 1.807) is 0 Å². The third kappa shape index (κ3) is 29.3. The molecule has 9 heteroatoms. The minimum Gasteiger partial charge on any atom is -0.394 e. The Kier molecular flexibility index (Phi) is 36.2. The SMILES string of the molecule is CCCCC/C=C\C/C=C\C/C=C\CCCCCCCCC(=O)NC(COC1OC(CO)C(O)C(O)C1O)C(O)CCCCCCCCCCCCCCCCC. The van der Waals surface area contributed by atoms with Gasteiger partial charge in [-0.3, -0.25) is 4.79 Å². The molecule has 1 aliphatic rings. The standard InChI is InChI=1S/C48H89NO8/c1-3-5-7-9-11-13-15-17-19-20-21-22-24-26-28-30-32-34-36-38-44(52)49-41(40-56-48-47(55)46(54)45(53)43(39-50)57-48)42(51)37-35-33-31-29-27-25-23-18-16-14-12-10-8-6-4-2/h11,13,17,19,21-22,41-43,45-48,50-51,53-55H,3-10,12,14-16,18,20,23-40H2,1-2H3,(H,49,52)/b13-11-,19-17-,22-21-. The van der Waals surface area contributed by atoms with Gasteiger partial charge in [-0.2, -0.15) is 0 Å². The molecule has 9 nitrogen and oxygen atoms in total. The van der Waals surface area contributed by atoms with Crippen molar-refractivity contribution in [2.45, 2.75) is 249 Å². The fourth-order valence-corrected chi connectivity index (χ4v) is 7.40. The molecule has 0 spiro atoms. The first-order chi connectivity index (χ1) is 27.8. The lowest BCUT2D eigenvalue weighted by atomic mass is 9.99. The molecule has 57 heavy (non-hydrogen) atoms. The average molecular weight is 808 g/mol. The number of unbranched alkanes of at least 4 members (excludes halogenated alkanes) is 23. The molecule has 1 fully saturated rings. The summed E-state index contributed by atoms with van der Waals surface area (Å²) in [4.78, 5) is 13.0. The minimum absolute atomic E-state index is 0.143. The van der Waals surface area contributed by atoms with Crippen LogP contribution in [0.1, 0.15) is 206 Å². The van der Waals surface area contributed by atoms with Crippen molar-refractivity contribution in [3.8, 4) is 0 Å². The van der Waals surface area contributed by atoms with Crippen molar-refractivity contribution in [3.63, 3.8) is 0 Å². The number of rotatable bonds is 39. The van der Waals surface area contributed by atoms with Gasteiger partial charge in [0, 0.05) is 6.42 Å². The molecule has 0 bridgehead atoms. The molecule has 0 aromatic heterocycles. The molecule has 334 valence electrons. The highest BCUT2D eigenvalue weighted by molar-refractivity contribution is 5.76. The quantitative estimate of drug-likeness (QED) is 0.0266. The van der Waals surface area contributed by atoms with Crippen LogP contribution >= 0.6 is 0 Å². The van der Waals surface area contributed by atoms with Gasteiger partial charge in [-0.25, -0.2) is 0 Å². The number of carbonyl (C=O) groups excluding carboxylic acids is 1. The van der Waals surface area contributed by atoms with E-state index in [4.69, 9.17) is 9.47 Å². The van der Waals surface area contributed by atoms with Crippen molar-refractivity contribution in [1.29, 1.82) is 0 Å². The predicted octanol–water partition coefficient (Wildman–Crippen LogP) is 10.1. The summed E-state index contributed by atoms with van der Waals surface area (Å²) < 4.78 is 11.3. The molecule has 0 aromatic carbocycles. The zero-order valence-electron chi connectivity index (χ0n) is 36.6. The topological polar surface area (TPSA) is 149 Å². The van der Waals surface area contributed by atoms with E-state index in [1.807, 2.05) is 0 Å². The fraction of sp³-hybridized carbons (Fsp3) is 0.854. The molecule has 1 heterocycles.